The summed E-state index contributed by atoms with van der Waals surface area (Å²) in [5.41, 5.74) is 0.868. The van der Waals surface area contributed by atoms with Crippen LogP contribution in [0.3, 0.4) is 0 Å². The minimum Gasteiger partial charge on any atom is -0.477 e. The molecule has 0 saturated carbocycles. The molecule has 1 amide bonds. The molecule has 1 aromatic heterocycles. The van der Waals surface area contributed by atoms with Gasteiger partial charge in [0.15, 0.2) is 0 Å². The zero-order valence-corrected chi connectivity index (χ0v) is 7.13. The second-order valence-electron chi connectivity index (χ2n) is 2.64. The summed E-state index contributed by atoms with van der Waals surface area (Å²) >= 11 is 0. The van der Waals surface area contributed by atoms with Crippen molar-refractivity contribution >= 4 is 11.9 Å². The van der Waals surface area contributed by atoms with Gasteiger partial charge in [0, 0.05) is 19.7 Å². The summed E-state index contributed by atoms with van der Waals surface area (Å²) in [6.45, 7) is 1.75. The zero-order chi connectivity index (χ0) is 9.84. The molecule has 0 aliphatic carbocycles. The predicted octanol–water partition coefficient (Wildman–Crippen LogP) is 0.349. The first kappa shape index (κ1) is 9.31. The van der Waals surface area contributed by atoms with Gasteiger partial charge in [-0.3, -0.25) is 4.79 Å². The van der Waals surface area contributed by atoms with Gasteiger partial charge in [-0.25, -0.2) is 4.79 Å². The summed E-state index contributed by atoms with van der Waals surface area (Å²) in [4.78, 5) is 23.5. The molecule has 0 bridgehead atoms. The van der Waals surface area contributed by atoms with Crippen molar-refractivity contribution in [3.8, 4) is 0 Å². The van der Waals surface area contributed by atoms with Crippen LogP contribution in [0.4, 0.5) is 0 Å². The Morgan fingerprint density at radius 2 is 2.31 bits per heavy atom. The highest BCUT2D eigenvalue weighted by Gasteiger charge is 2.05. The summed E-state index contributed by atoms with van der Waals surface area (Å²) < 4.78 is 0. The molecule has 0 aliphatic heterocycles. The second-order valence-corrected chi connectivity index (χ2v) is 2.64. The van der Waals surface area contributed by atoms with Gasteiger partial charge in [0.2, 0.25) is 5.91 Å². The first-order valence-electron chi connectivity index (χ1n) is 3.74. The number of carbonyl (C=O) groups is 2. The molecule has 70 valence electrons. The molecule has 0 radical (unpaired) electrons. The quantitative estimate of drug-likeness (QED) is 0.630. The third kappa shape index (κ3) is 2.62. The van der Waals surface area contributed by atoms with E-state index in [0.717, 1.165) is 5.56 Å². The van der Waals surface area contributed by atoms with E-state index in [1.165, 1.54) is 13.0 Å². The minimum absolute atomic E-state index is 0.125. The number of H-pyrrole nitrogens is 1. The van der Waals surface area contributed by atoms with E-state index in [0.29, 0.717) is 6.54 Å². The first-order valence-corrected chi connectivity index (χ1v) is 3.74. The van der Waals surface area contributed by atoms with Crippen LogP contribution in [0.1, 0.15) is 23.0 Å². The van der Waals surface area contributed by atoms with Crippen LogP contribution < -0.4 is 5.32 Å². The second kappa shape index (κ2) is 3.75. The average Bonchev–Trinajstić information content (AvgIpc) is 2.48. The van der Waals surface area contributed by atoms with E-state index in [2.05, 4.69) is 10.3 Å². The van der Waals surface area contributed by atoms with Gasteiger partial charge in [0.05, 0.1) is 0 Å². The Morgan fingerprint density at radius 3 is 2.77 bits per heavy atom. The minimum atomic E-state index is -1.01. The van der Waals surface area contributed by atoms with E-state index in [4.69, 9.17) is 5.11 Å². The number of carboxylic acid groups (broad SMARTS) is 1. The van der Waals surface area contributed by atoms with Gasteiger partial charge in [0.1, 0.15) is 5.69 Å². The lowest BCUT2D eigenvalue weighted by molar-refractivity contribution is -0.119. The zero-order valence-electron chi connectivity index (χ0n) is 7.13. The number of nitrogens with one attached hydrogen (secondary N) is 2. The Hall–Kier alpha value is -1.78. The highest BCUT2D eigenvalue weighted by Crippen LogP contribution is 2.02. The third-order valence-corrected chi connectivity index (χ3v) is 1.51. The lowest BCUT2D eigenvalue weighted by atomic mass is 10.3. The summed E-state index contributed by atoms with van der Waals surface area (Å²) in [5.74, 6) is -1.15. The summed E-state index contributed by atoms with van der Waals surface area (Å²) in [6.07, 6.45) is 1.55. The van der Waals surface area contributed by atoms with E-state index in [9.17, 15) is 9.59 Å². The average molecular weight is 182 g/mol. The maximum absolute atomic E-state index is 10.5. The van der Waals surface area contributed by atoms with Gasteiger partial charge >= 0.3 is 5.97 Å². The molecule has 0 spiro atoms. The highest BCUT2D eigenvalue weighted by molar-refractivity contribution is 5.85. The van der Waals surface area contributed by atoms with Crippen molar-refractivity contribution in [3.63, 3.8) is 0 Å². The number of aromatic carboxylic acids is 1. The molecule has 0 unspecified atom stereocenters. The molecule has 1 heterocycles. The van der Waals surface area contributed by atoms with Gasteiger partial charge in [-0.15, -0.1) is 0 Å². The maximum atomic E-state index is 10.5. The van der Waals surface area contributed by atoms with Crippen LogP contribution in [-0.4, -0.2) is 22.0 Å². The molecule has 3 N–H and O–H groups in total. The van der Waals surface area contributed by atoms with E-state index in [1.807, 2.05) is 0 Å². The highest BCUT2D eigenvalue weighted by atomic mass is 16.4. The molecule has 0 atom stereocenters. The molecule has 0 aromatic carbocycles. The smallest absolute Gasteiger partial charge is 0.352 e. The number of aromatic nitrogens is 1. The lowest BCUT2D eigenvalue weighted by Gasteiger charge is -1.96. The molecule has 1 aromatic rings. The molecular formula is C8H10N2O3. The van der Waals surface area contributed by atoms with Crippen molar-refractivity contribution in [1.82, 2.24) is 10.3 Å². The fourth-order valence-corrected chi connectivity index (χ4v) is 0.891. The summed E-state index contributed by atoms with van der Waals surface area (Å²) in [6, 6.07) is 1.48. The Bertz CT molecular complexity index is 330. The van der Waals surface area contributed by atoms with Crippen molar-refractivity contribution in [2.75, 3.05) is 0 Å². The number of hydrogen-bond donors (Lipinski definition) is 3. The van der Waals surface area contributed by atoms with E-state index >= 15 is 0 Å². The van der Waals surface area contributed by atoms with Crippen molar-refractivity contribution in [3.05, 3.63) is 23.5 Å². The number of hydrogen-bond acceptors (Lipinski definition) is 2. The third-order valence-electron chi connectivity index (χ3n) is 1.51. The van der Waals surface area contributed by atoms with Crippen molar-refractivity contribution in [1.29, 1.82) is 0 Å². The molecule has 1 rings (SSSR count). The monoisotopic (exact) mass is 182 g/mol. The number of rotatable bonds is 3. The van der Waals surface area contributed by atoms with E-state index < -0.39 is 5.97 Å². The van der Waals surface area contributed by atoms with Crippen molar-refractivity contribution in [2.24, 2.45) is 0 Å². The Kier molecular flexibility index (Phi) is 2.69. The van der Waals surface area contributed by atoms with E-state index in [1.54, 1.807) is 6.20 Å². The number of amides is 1. The van der Waals surface area contributed by atoms with Crippen LogP contribution in [0.15, 0.2) is 12.3 Å². The summed E-state index contributed by atoms with van der Waals surface area (Å²) in [7, 11) is 0. The number of carbonyl (C=O) groups excluding carboxylic acids is 1. The topological polar surface area (TPSA) is 82.2 Å². The SMILES string of the molecule is CC(=O)NCc1c[nH]c(C(=O)O)c1. The molecule has 5 heteroatoms. The van der Waals surface area contributed by atoms with Crippen LogP contribution >= 0.6 is 0 Å². The van der Waals surface area contributed by atoms with Crippen molar-refractivity contribution in [2.45, 2.75) is 13.5 Å². The molecular weight excluding hydrogens is 172 g/mol. The first-order chi connectivity index (χ1) is 6.09. The van der Waals surface area contributed by atoms with Crippen LogP contribution in [0, 0.1) is 0 Å². The number of aromatic amines is 1. The molecule has 0 aliphatic rings. The molecule has 0 fully saturated rings. The Labute approximate surface area is 74.8 Å². The molecule has 0 saturated heterocycles. The van der Waals surface area contributed by atoms with Crippen molar-refractivity contribution < 1.29 is 14.7 Å². The fourth-order valence-electron chi connectivity index (χ4n) is 0.891. The van der Waals surface area contributed by atoms with Gasteiger partial charge in [-0.2, -0.15) is 0 Å². The Morgan fingerprint density at radius 1 is 1.62 bits per heavy atom. The normalized spacial score (nSPS) is 9.62. The summed E-state index contributed by atoms with van der Waals surface area (Å²) in [5, 5.41) is 11.1. The van der Waals surface area contributed by atoms with Gasteiger partial charge in [-0.05, 0) is 11.6 Å². The van der Waals surface area contributed by atoms with Crippen LogP contribution in [0.25, 0.3) is 0 Å². The van der Waals surface area contributed by atoms with Crippen LogP contribution in [-0.2, 0) is 11.3 Å². The predicted molar refractivity (Wildman–Crippen MR) is 45.3 cm³/mol. The number of carboxylic acids is 1. The largest absolute Gasteiger partial charge is 0.477 e. The Balaban J connectivity index is 2.59. The van der Waals surface area contributed by atoms with E-state index in [-0.39, 0.29) is 11.6 Å². The molecule has 13 heavy (non-hydrogen) atoms. The van der Waals surface area contributed by atoms with Crippen LogP contribution in [0.5, 0.6) is 0 Å². The fraction of sp³-hybridized carbons (Fsp3) is 0.250. The standard InChI is InChI=1S/C8H10N2O3/c1-5(11)9-3-6-2-7(8(12)13)10-4-6/h2,4,10H,3H2,1H3,(H,9,11)(H,12,13). The van der Waals surface area contributed by atoms with Gasteiger partial charge in [-0.1, -0.05) is 0 Å². The maximum Gasteiger partial charge on any atom is 0.352 e. The van der Waals surface area contributed by atoms with Gasteiger partial charge < -0.3 is 15.4 Å². The van der Waals surface area contributed by atoms with Crippen LogP contribution in [0.2, 0.25) is 0 Å². The molecule has 5 nitrogen and oxygen atoms in total. The van der Waals surface area contributed by atoms with Gasteiger partial charge in [0.25, 0.3) is 0 Å². The lowest BCUT2D eigenvalue weighted by Crippen LogP contribution is -2.18.